The fourth-order valence-corrected chi connectivity index (χ4v) is 1.60. The highest BCUT2D eigenvalue weighted by Gasteiger charge is 2.23. The van der Waals surface area contributed by atoms with Crippen LogP contribution >= 0.6 is 0 Å². The summed E-state index contributed by atoms with van der Waals surface area (Å²) in [6, 6.07) is 2.95. The summed E-state index contributed by atoms with van der Waals surface area (Å²) in [7, 11) is 2.71. The van der Waals surface area contributed by atoms with Crippen LogP contribution in [-0.4, -0.2) is 31.7 Å². The Hall–Kier alpha value is -2.57. The van der Waals surface area contributed by atoms with Crippen molar-refractivity contribution < 1.29 is 23.9 Å². The van der Waals surface area contributed by atoms with Gasteiger partial charge < -0.3 is 14.2 Å². The van der Waals surface area contributed by atoms with Gasteiger partial charge in [0.1, 0.15) is 5.75 Å². The van der Waals surface area contributed by atoms with E-state index in [-0.39, 0.29) is 29.4 Å². The molecule has 1 rings (SSSR count). The molecule has 0 radical (unpaired) electrons. The van der Waals surface area contributed by atoms with Gasteiger partial charge in [0.15, 0.2) is 5.75 Å². The van der Waals surface area contributed by atoms with Crippen LogP contribution in [0.15, 0.2) is 18.2 Å². The third-order valence-corrected chi connectivity index (χ3v) is 2.44. The molecule has 0 atom stereocenters. The quantitative estimate of drug-likeness (QED) is 0.344. The second kappa shape index (κ2) is 7.13. The molecule has 0 amide bonds. The first-order valence-electron chi connectivity index (χ1n) is 5.79. The molecular formula is C13H15NO6. The lowest BCUT2D eigenvalue weighted by Gasteiger charge is -2.08. The lowest BCUT2D eigenvalue weighted by atomic mass is 10.1. The largest absolute Gasteiger partial charge is 0.496 e. The van der Waals surface area contributed by atoms with Crippen LogP contribution in [0, 0.1) is 10.1 Å². The van der Waals surface area contributed by atoms with Crippen LogP contribution in [0.4, 0.5) is 5.69 Å². The van der Waals surface area contributed by atoms with Crippen LogP contribution < -0.4 is 9.47 Å². The second-order valence-electron chi connectivity index (χ2n) is 3.57. The van der Waals surface area contributed by atoms with E-state index in [0.717, 1.165) is 6.08 Å². The topological polar surface area (TPSA) is 87.9 Å². The first-order valence-corrected chi connectivity index (χ1v) is 5.79. The van der Waals surface area contributed by atoms with Crippen molar-refractivity contribution in [3.63, 3.8) is 0 Å². The van der Waals surface area contributed by atoms with E-state index in [1.54, 1.807) is 6.92 Å². The Morgan fingerprint density at radius 3 is 2.40 bits per heavy atom. The highest BCUT2D eigenvalue weighted by Crippen LogP contribution is 2.37. The van der Waals surface area contributed by atoms with E-state index < -0.39 is 10.9 Å². The number of hydrogen-bond donors (Lipinski definition) is 0. The van der Waals surface area contributed by atoms with E-state index in [9.17, 15) is 14.9 Å². The van der Waals surface area contributed by atoms with Crippen LogP contribution in [0.1, 0.15) is 12.5 Å². The number of benzene rings is 1. The van der Waals surface area contributed by atoms with E-state index in [0.29, 0.717) is 0 Å². The van der Waals surface area contributed by atoms with Gasteiger partial charge in [-0.3, -0.25) is 10.1 Å². The van der Waals surface area contributed by atoms with E-state index in [1.165, 1.54) is 32.4 Å². The third kappa shape index (κ3) is 3.47. The van der Waals surface area contributed by atoms with Gasteiger partial charge in [-0.05, 0) is 25.1 Å². The number of methoxy groups -OCH3 is 2. The maximum atomic E-state index is 11.3. The van der Waals surface area contributed by atoms with Crippen molar-refractivity contribution in [2.24, 2.45) is 0 Å². The zero-order valence-electron chi connectivity index (χ0n) is 11.4. The molecule has 108 valence electrons. The highest BCUT2D eigenvalue weighted by atomic mass is 16.6. The Bertz CT molecular complexity index is 538. The minimum Gasteiger partial charge on any atom is -0.496 e. The normalized spacial score (nSPS) is 10.3. The zero-order valence-corrected chi connectivity index (χ0v) is 11.4. The molecule has 0 saturated carbocycles. The SMILES string of the molecule is CCOC(=O)C=Cc1c(OC)ccc(OC)c1[N+](=O)[O-]. The predicted molar refractivity (Wildman–Crippen MR) is 71.9 cm³/mol. The Morgan fingerprint density at radius 2 is 1.90 bits per heavy atom. The molecule has 0 saturated heterocycles. The van der Waals surface area contributed by atoms with Crippen LogP contribution in [-0.2, 0) is 9.53 Å². The molecule has 0 N–H and O–H groups in total. The molecule has 0 fully saturated rings. The number of carbonyl (C=O) groups excluding carboxylic acids is 1. The smallest absolute Gasteiger partial charge is 0.330 e. The van der Waals surface area contributed by atoms with Gasteiger partial charge in [0.25, 0.3) is 0 Å². The van der Waals surface area contributed by atoms with Crippen LogP contribution in [0.25, 0.3) is 6.08 Å². The molecule has 0 heterocycles. The Balaban J connectivity index is 3.33. The number of rotatable bonds is 6. The molecular weight excluding hydrogens is 266 g/mol. The Labute approximate surface area is 115 Å². The molecule has 7 nitrogen and oxygen atoms in total. The van der Waals surface area contributed by atoms with Crippen LogP contribution in [0.3, 0.4) is 0 Å². The lowest BCUT2D eigenvalue weighted by molar-refractivity contribution is -0.386. The standard InChI is InChI=1S/C13H15NO6/c1-4-20-12(15)8-5-9-10(18-2)6-7-11(19-3)13(9)14(16)17/h5-8H,4H2,1-3H3. The minimum absolute atomic E-state index is 0.0827. The molecule has 20 heavy (non-hydrogen) atoms. The van der Waals surface area contributed by atoms with Crippen molar-refractivity contribution in [3.05, 3.63) is 33.9 Å². The fourth-order valence-electron chi connectivity index (χ4n) is 1.60. The predicted octanol–water partition coefficient (Wildman–Crippen LogP) is 2.19. The summed E-state index contributed by atoms with van der Waals surface area (Å²) in [5.74, 6) is -0.246. The molecule has 0 unspecified atom stereocenters. The van der Waals surface area contributed by atoms with Gasteiger partial charge in [0.2, 0.25) is 0 Å². The summed E-state index contributed by atoms with van der Waals surface area (Å²) < 4.78 is 14.7. The molecule has 1 aromatic carbocycles. The first kappa shape index (κ1) is 15.5. The van der Waals surface area contributed by atoms with Crippen molar-refractivity contribution in [1.29, 1.82) is 0 Å². The van der Waals surface area contributed by atoms with Crippen molar-refractivity contribution in [3.8, 4) is 11.5 Å². The number of esters is 1. The van der Waals surface area contributed by atoms with Gasteiger partial charge in [0, 0.05) is 6.08 Å². The lowest BCUT2D eigenvalue weighted by Crippen LogP contribution is -2.01. The number of ether oxygens (including phenoxy) is 3. The van der Waals surface area contributed by atoms with Gasteiger partial charge in [-0.15, -0.1) is 0 Å². The van der Waals surface area contributed by atoms with Crippen LogP contribution in [0.5, 0.6) is 11.5 Å². The van der Waals surface area contributed by atoms with Gasteiger partial charge in [-0.2, -0.15) is 0 Å². The fraction of sp³-hybridized carbons (Fsp3) is 0.308. The van der Waals surface area contributed by atoms with Crippen molar-refractivity contribution >= 4 is 17.7 Å². The third-order valence-electron chi connectivity index (χ3n) is 2.44. The summed E-state index contributed by atoms with van der Waals surface area (Å²) in [4.78, 5) is 21.9. The molecule has 0 bridgehead atoms. The second-order valence-corrected chi connectivity index (χ2v) is 3.57. The number of nitrogens with zero attached hydrogens (tertiary/aromatic N) is 1. The molecule has 0 aromatic heterocycles. The monoisotopic (exact) mass is 281 g/mol. The highest BCUT2D eigenvalue weighted by molar-refractivity contribution is 5.89. The van der Waals surface area contributed by atoms with E-state index >= 15 is 0 Å². The molecule has 1 aromatic rings. The summed E-state index contributed by atoms with van der Waals surface area (Å²) in [5, 5.41) is 11.2. The van der Waals surface area contributed by atoms with Crippen LogP contribution in [0.2, 0.25) is 0 Å². The summed E-state index contributed by atoms with van der Waals surface area (Å²) >= 11 is 0. The number of nitro groups is 1. The zero-order chi connectivity index (χ0) is 15.1. The molecule has 0 spiro atoms. The maximum Gasteiger partial charge on any atom is 0.330 e. The van der Waals surface area contributed by atoms with Crippen molar-refractivity contribution in [2.75, 3.05) is 20.8 Å². The number of carbonyl (C=O) groups is 1. The number of hydrogen-bond acceptors (Lipinski definition) is 6. The Morgan fingerprint density at radius 1 is 1.30 bits per heavy atom. The molecule has 0 aliphatic carbocycles. The summed E-state index contributed by atoms with van der Waals surface area (Å²) in [5.41, 5.74) is -0.127. The van der Waals surface area contributed by atoms with E-state index in [2.05, 4.69) is 0 Å². The summed E-state index contributed by atoms with van der Waals surface area (Å²) in [6.45, 7) is 1.89. The average Bonchev–Trinajstić information content (AvgIpc) is 2.43. The number of nitro benzene ring substituents is 1. The van der Waals surface area contributed by atoms with Gasteiger partial charge in [0.05, 0.1) is 31.3 Å². The summed E-state index contributed by atoms with van der Waals surface area (Å²) in [6.07, 6.45) is 2.38. The van der Waals surface area contributed by atoms with Crippen molar-refractivity contribution in [2.45, 2.75) is 6.92 Å². The van der Waals surface area contributed by atoms with Gasteiger partial charge in [-0.25, -0.2) is 4.79 Å². The van der Waals surface area contributed by atoms with Crippen molar-refractivity contribution in [1.82, 2.24) is 0 Å². The van der Waals surface area contributed by atoms with Gasteiger partial charge >= 0.3 is 11.7 Å². The molecule has 0 aliphatic heterocycles. The van der Waals surface area contributed by atoms with E-state index in [1.807, 2.05) is 0 Å². The van der Waals surface area contributed by atoms with Gasteiger partial charge in [-0.1, -0.05) is 0 Å². The average molecular weight is 281 g/mol. The Kier molecular flexibility index (Phi) is 5.52. The minimum atomic E-state index is -0.591. The molecule has 7 heteroatoms. The maximum absolute atomic E-state index is 11.3. The first-order chi connectivity index (χ1) is 9.54. The molecule has 0 aliphatic rings. The van der Waals surface area contributed by atoms with E-state index in [4.69, 9.17) is 14.2 Å².